The minimum Gasteiger partial charge on any atom is -0.480 e. The Hall–Kier alpha value is -1.79. The largest absolute Gasteiger partial charge is 0.480 e. The summed E-state index contributed by atoms with van der Waals surface area (Å²) in [5.74, 6) is -1.47. The molecule has 1 saturated carbocycles. The molecule has 3 rings (SSSR count). The fraction of sp³-hybridized carbons (Fsp3) is 0.800. The van der Waals surface area contributed by atoms with Gasteiger partial charge in [0.25, 0.3) is 0 Å². The van der Waals surface area contributed by atoms with Crippen LogP contribution in [0.1, 0.15) is 38.5 Å². The predicted octanol–water partition coefficient (Wildman–Crippen LogP) is 0.648. The third-order valence-corrected chi connectivity index (χ3v) is 4.96. The van der Waals surface area contributed by atoms with Crippen LogP contribution in [-0.4, -0.2) is 64.5 Å². The quantitative estimate of drug-likeness (QED) is 0.801. The van der Waals surface area contributed by atoms with Crippen molar-refractivity contribution in [2.45, 2.75) is 44.1 Å². The molecule has 3 fully saturated rings. The van der Waals surface area contributed by atoms with Crippen molar-refractivity contribution in [3.63, 3.8) is 0 Å². The Morgan fingerprint density at radius 1 is 1.00 bits per heavy atom. The standard InChI is InChI=1S/C15H23N3O4/c19-12(16-15(5-6-15)13(20)21)11-4-3-9-18(10-11)14(22)17-7-1-2-8-17/h11H,1-10H2,(H,16,19)(H,20,21). The highest BCUT2D eigenvalue weighted by atomic mass is 16.4. The topological polar surface area (TPSA) is 90.0 Å². The number of nitrogens with one attached hydrogen (secondary N) is 1. The molecule has 1 atom stereocenters. The Bertz CT molecular complexity index is 483. The van der Waals surface area contributed by atoms with E-state index < -0.39 is 11.5 Å². The van der Waals surface area contributed by atoms with Crippen LogP contribution in [0.2, 0.25) is 0 Å². The number of carboxylic acid groups (broad SMARTS) is 1. The van der Waals surface area contributed by atoms with Crippen molar-refractivity contribution < 1.29 is 19.5 Å². The van der Waals surface area contributed by atoms with Gasteiger partial charge in [0.15, 0.2) is 0 Å². The van der Waals surface area contributed by atoms with Crippen LogP contribution in [-0.2, 0) is 9.59 Å². The molecule has 3 amide bonds. The molecule has 0 aromatic heterocycles. The summed E-state index contributed by atoms with van der Waals surface area (Å²) >= 11 is 0. The molecule has 3 aliphatic rings. The number of piperidine rings is 1. The van der Waals surface area contributed by atoms with Crippen molar-refractivity contribution in [2.75, 3.05) is 26.2 Å². The minimum atomic E-state index is -1.04. The molecule has 0 spiro atoms. The van der Waals surface area contributed by atoms with Crippen molar-refractivity contribution in [1.29, 1.82) is 0 Å². The zero-order valence-corrected chi connectivity index (χ0v) is 12.7. The van der Waals surface area contributed by atoms with Crippen LogP contribution in [0.25, 0.3) is 0 Å². The zero-order valence-electron chi connectivity index (χ0n) is 12.7. The van der Waals surface area contributed by atoms with Gasteiger partial charge in [-0.05, 0) is 38.5 Å². The van der Waals surface area contributed by atoms with E-state index in [2.05, 4.69) is 5.32 Å². The van der Waals surface area contributed by atoms with E-state index in [-0.39, 0.29) is 17.9 Å². The molecule has 2 heterocycles. The molecule has 0 bridgehead atoms. The molecule has 7 nitrogen and oxygen atoms in total. The van der Waals surface area contributed by atoms with Gasteiger partial charge in [0.05, 0.1) is 5.92 Å². The van der Waals surface area contributed by atoms with Gasteiger partial charge in [-0.1, -0.05) is 0 Å². The smallest absolute Gasteiger partial charge is 0.329 e. The molecule has 1 aliphatic carbocycles. The fourth-order valence-electron chi connectivity index (χ4n) is 3.33. The second kappa shape index (κ2) is 5.78. The third-order valence-electron chi connectivity index (χ3n) is 4.96. The third kappa shape index (κ3) is 2.89. The Balaban J connectivity index is 1.57. The van der Waals surface area contributed by atoms with Crippen LogP contribution in [0.4, 0.5) is 4.79 Å². The average Bonchev–Trinajstić information content (AvgIpc) is 3.10. The van der Waals surface area contributed by atoms with E-state index in [1.54, 1.807) is 4.90 Å². The summed E-state index contributed by atoms with van der Waals surface area (Å²) in [5, 5.41) is 11.8. The molecular weight excluding hydrogens is 286 g/mol. The highest BCUT2D eigenvalue weighted by Crippen LogP contribution is 2.36. The summed E-state index contributed by atoms with van der Waals surface area (Å²) in [5.41, 5.74) is -1.04. The van der Waals surface area contributed by atoms with Crippen molar-refractivity contribution in [2.24, 2.45) is 5.92 Å². The lowest BCUT2D eigenvalue weighted by atomic mass is 9.96. The van der Waals surface area contributed by atoms with Crippen LogP contribution < -0.4 is 5.32 Å². The molecule has 2 saturated heterocycles. The van der Waals surface area contributed by atoms with E-state index in [0.29, 0.717) is 32.4 Å². The molecule has 0 radical (unpaired) electrons. The van der Waals surface area contributed by atoms with E-state index >= 15 is 0 Å². The molecule has 2 N–H and O–H groups in total. The normalized spacial score (nSPS) is 26.6. The number of amides is 3. The van der Waals surface area contributed by atoms with Gasteiger partial charge in [-0.3, -0.25) is 4.79 Å². The zero-order chi connectivity index (χ0) is 15.7. The lowest BCUT2D eigenvalue weighted by Gasteiger charge is -2.35. The van der Waals surface area contributed by atoms with Crippen LogP contribution in [0.15, 0.2) is 0 Å². The highest BCUT2D eigenvalue weighted by Gasteiger charge is 2.52. The predicted molar refractivity (Wildman–Crippen MR) is 78.2 cm³/mol. The van der Waals surface area contributed by atoms with E-state index in [9.17, 15) is 14.4 Å². The van der Waals surface area contributed by atoms with Crippen molar-refractivity contribution in [1.82, 2.24) is 15.1 Å². The Labute approximate surface area is 129 Å². The first-order valence-corrected chi connectivity index (χ1v) is 8.11. The number of hydrogen-bond acceptors (Lipinski definition) is 3. The number of carboxylic acids is 1. The summed E-state index contributed by atoms with van der Waals surface area (Å²) in [4.78, 5) is 39.5. The van der Waals surface area contributed by atoms with E-state index in [1.165, 1.54) is 0 Å². The van der Waals surface area contributed by atoms with Gasteiger partial charge < -0.3 is 20.2 Å². The molecular formula is C15H23N3O4. The SMILES string of the molecule is O=C(NC1(C(=O)O)CC1)C1CCCN(C(=O)N2CCCC2)C1. The second-order valence-electron chi connectivity index (χ2n) is 6.64. The van der Waals surface area contributed by atoms with Gasteiger partial charge in [0, 0.05) is 26.2 Å². The highest BCUT2D eigenvalue weighted by molar-refractivity contribution is 5.90. The average molecular weight is 309 g/mol. The van der Waals surface area contributed by atoms with Gasteiger partial charge in [-0.15, -0.1) is 0 Å². The number of rotatable bonds is 3. The second-order valence-corrected chi connectivity index (χ2v) is 6.64. The van der Waals surface area contributed by atoms with E-state index in [4.69, 9.17) is 5.11 Å². The van der Waals surface area contributed by atoms with Gasteiger partial charge in [-0.25, -0.2) is 9.59 Å². The Morgan fingerprint density at radius 2 is 1.64 bits per heavy atom. The summed E-state index contributed by atoms with van der Waals surface area (Å²) < 4.78 is 0. The fourth-order valence-corrected chi connectivity index (χ4v) is 3.33. The van der Waals surface area contributed by atoms with Crippen LogP contribution in [0, 0.1) is 5.92 Å². The number of nitrogens with zero attached hydrogens (tertiary/aromatic N) is 2. The molecule has 122 valence electrons. The Kier molecular flexibility index (Phi) is 3.97. The Morgan fingerprint density at radius 3 is 2.23 bits per heavy atom. The molecule has 0 aromatic rings. The van der Waals surface area contributed by atoms with E-state index in [0.717, 1.165) is 32.4 Å². The van der Waals surface area contributed by atoms with Crippen molar-refractivity contribution in [3.8, 4) is 0 Å². The lowest BCUT2D eigenvalue weighted by molar-refractivity contribution is -0.144. The maximum atomic E-state index is 12.4. The molecule has 2 aliphatic heterocycles. The molecule has 7 heteroatoms. The number of likely N-dealkylation sites (tertiary alicyclic amines) is 2. The van der Waals surface area contributed by atoms with Gasteiger partial charge in [0.1, 0.15) is 5.54 Å². The first-order chi connectivity index (χ1) is 10.5. The number of carbonyl (C=O) groups is 3. The number of hydrogen-bond donors (Lipinski definition) is 2. The van der Waals surface area contributed by atoms with Crippen LogP contribution in [0.5, 0.6) is 0 Å². The monoisotopic (exact) mass is 309 g/mol. The minimum absolute atomic E-state index is 0.0226. The van der Waals surface area contributed by atoms with Crippen LogP contribution >= 0.6 is 0 Å². The van der Waals surface area contributed by atoms with Crippen molar-refractivity contribution >= 4 is 17.9 Å². The lowest BCUT2D eigenvalue weighted by Crippen LogP contribution is -2.52. The van der Waals surface area contributed by atoms with Gasteiger partial charge in [-0.2, -0.15) is 0 Å². The summed E-state index contributed by atoms with van der Waals surface area (Å²) in [7, 11) is 0. The number of carbonyl (C=O) groups excluding carboxylic acids is 2. The summed E-state index contributed by atoms with van der Waals surface area (Å²) in [6.45, 7) is 2.68. The summed E-state index contributed by atoms with van der Waals surface area (Å²) in [6.07, 6.45) is 4.59. The maximum Gasteiger partial charge on any atom is 0.329 e. The van der Waals surface area contributed by atoms with Crippen molar-refractivity contribution in [3.05, 3.63) is 0 Å². The molecule has 22 heavy (non-hydrogen) atoms. The van der Waals surface area contributed by atoms with Gasteiger partial charge in [0.2, 0.25) is 5.91 Å². The molecule has 1 unspecified atom stereocenters. The molecule has 0 aromatic carbocycles. The first kappa shape index (κ1) is 15.1. The first-order valence-electron chi connectivity index (χ1n) is 8.11. The maximum absolute atomic E-state index is 12.4. The number of aliphatic carboxylic acids is 1. The van der Waals surface area contributed by atoms with E-state index in [1.807, 2.05) is 4.90 Å². The number of urea groups is 1. The summed E-state index contributed by atoms with van der Waals surface area (Å²) in [6, 6.07) is 0.0226. The van der Waals surface area contributed by atoms with Gasteiger partial charge >= 0.3 is 12.0 Å². The van der Waals surface area contributed by atoms with Crippen LogP contribution in [0.3, 0.4) is 0 Å².